The van der Waals surface area contributed by atoms with E-state index in [1.165, 1.54) is 12.8 Å². The second kappa shape index (κ2) is 11.1. The first kappa shape index (κ1) is 26.0. The summed E-state index contributed by atoms with van der Waals surface area (Å²) >= 11 is 0. The molecule has 0 spiro atoms. The molecule has 0 bridgehead atoms. The molecule has 204 valence electrons. The molecule has 2 saturated heterocycles. The third kappa shape index (κ3) is 5.04. The number of aromatic nitrogens is 1. The molecule has 0 radical (unpaired) electrons. The van der Waals surface area contributed by atoms with Crippen molar-refractivity contribution in [3.05, 3.63) is 95.7 Å². The van der Waals surface area contributed by atoms with Crippen LogP contribution in [-0.2, 0) is 4.79 Å². The fraction of sp³-hybridized carbons (Fsp3) is 0.300. The fourth-order valence-electron chi connectivity index (χ4n) is 5.73. The largest absolute Gasteiger partial charge is 0.330 e. The number of carbonyl (C=O) groups is 2. The SMILES string of the molecule is N[N+]12C=CN=CC1=C(C1CCCN1C(=O)C=CCN1CCCC1)N=C2c1ccc(C(=O)Nc2ccccn2)cc1. The molecule has 2 amide bonds. The van der Waals surface area contributed by atoms with Gasteiger partial charge in [-0.3, -0.25) is 19.5 Å². The van der Waals surface area contributed by atoms with Gasteiger partial charge in [-0.2, -0.15) is 10.8 Å². The van der Waals surface area contributed by atoms with Crippen LogP contribution >= 0.6 is 0 Å². The predicted molar refractivity (Wildman–Crippen MR) is 154 cm³/mol. The van der Waals surface area contributed by atoms with Crippen LogP contribution in [0.15, 0.2) is 94.6 Å². The van der Waals surface area contributed by atoms with Crippen LogP contribution in [0.5, 0.6) is 0 Å². The number of amidine groups is 1. The molecule has 40 heavy (non-hydrogen) atoms. The summed E-state index contributed by atoms with van der Waals surface area (Å²) in [5.74, 6) is 7.78. The Hall–Kier alpha value is -4.25. The summed E-state index contributed by atoms with van der Waals surface area (Å²) in [6, 6.07) is 12.4. The van der Waals surface area contributed by atoms with Gasteiger partial charge in [0.1, 0.15) is 17.7 Å². The monoisotopic (exact) mass is 537 g/mol. The number of aliphatic imine (C=N–C) groups is 2. The highest BCUT2D eigenvalue weighted by Crippen LogP contribution is 2.37. The first-order valence-corrected chi connectivity index (χ1v) is 13.8. The fourth-order valence-corrected chi connectivity index (χ4v) is 5.73. The molecule has 2 aromatic rings. The van der Waals surface area contributed by atoms with Gasteiger partial charge in [0.25, 0.3) is 11.7 Å². The van der Waals surface area contributed by atoms with Crippen molar-refractivity contribution in [1.29, 1.82) is 0 Å². The van der Waals surface area contributed by atoms with Crippen LogP contribution in [0.1, 0.15) is 41.6 Å². The quantitative estimate of drug-likeness (QED) is 0.320. The molecule has 3 N–H and O–H groups in total. The lowest BCUT2D eigenvalue weighted by Gasteiger charge is -2.27. The van der Waals surface area contributed by atoms with Gasteiger partial charge in [-0.05, 0) is 75.2 Å². The summed E-state index contributed by atoms with van der Waals surface area (Å²) in [4.78, 5) is 43.7. The maximum atomic E-state index is 13.2. The van der Waals surface area contributed by atoms with Crippen molar-refractivity contribution >= 4 is 29.7 Å². The van der Waals surface area contributed by atoms with Gasteiger partial charge in [-0.25, -0.2) is 4.98 Å². The first-order valence-electron chi connectivity index (χ1n) is 13.8. The van der Waals surface area contributed by atoms with Crippen molar-refractivity contribution in [3.63, 3.8) is 0 Å². The smallest absolute Gasteiger partial charge is 0.264 e. The van der Waals surface area contributed by atoms with E-state index in [9.17, 15) is 9.59 Å². The van der Waals surface area contributed by atoms with Crippen molar-refractivity contribution in [2.24, 2.45) is 15.8 Å². The summed E-state index contributed by atoms with van der Waals surface area (Å²) in [6.45, 7) is 3.67. The molecule has 6 rings (SSSR count). The average Bonchev–Trinajstić information content (AvgIpc) is 3.73. The van der Waals surface area contributed by atoms with Crippen molar-refractivity contribution in [1.82, 2.24) is 14.8 Å². The second-order valence-electron chi connectivity index (χ2n) is 10.4. The van der Waals surface area contributed by atoms with E-state index < -0.39 is 0 Å². The normalized spacial score (nSPS) is 24.2. The third-order valence-electron chi connectivity index (χ3n) is 7.81. The number of amides is 2. The van der Waals surface area contributed by atoms with Crippen LogP contribution in [0.25, 0.3) is 0 Å². The minimum atomic E-state index is -0.252. The second-order valence-corrected chi connectivity index (χ2v) is 10.4. The molecule has 4 aliphatic heterocycles. The van der Waals surface area contributed by atoms with E-state index in [2.05, 4.69) is 20.2 Å². The van der Waals surface area contributed by atoms with Gasteiger partial charge >= 0.3 is 0 Å². The molecular formula is C30H33N8O2+. The molecule has 5 heterocycles. The average molecular weight is 538 g/mol. The Balaban J connectivity index is 1.23. The summed E-state index contributed by atoms with van der Waals surface area (Å²) in [5, 5.41) is 2.80. The predicted octanol–water partition coefficient (Wildman–Crippen LogP) is 3.19. The Morgan fingerprint density at radius 3 is 2.67 bits per heavy atom. The number of carbonyl (C=O) groups excluding carboxylic acids is 2. The highest BCUT2D eigenvalue weighted by Gasteiger charge is 2.48. The summed E-state index contributed by atoms with van der Waals surface area (Å²) in [5.41, 5.74) is 2.79. The van der Waals surface area contributed by atoms with Crippen molar-refractivity contribution in [3.8, 4) is 0 Å². The zero-order valence-corrected chi connectivity index (χ0v) is 22.3. The zero-order chi connectivity index (χ0) is 27.5. The van der Waals surface area contributed by atoms with Crippen LogP contribution in [0.3, 0.4) is 0 Å². The maximum Gasteiger partial charge on any atom is 0.264 e. The molecule has 2 unspecified atom stereocenters. The number of allylic oxidation sites excluding steroid dienone is 1. The molecular weight excluding hydrogens is 504 g/mol. The van der Waals surface area contributed by atoms with Crippen molar-refractivity contribution < 1.29 is 14.2 Å². The van der Waals surface area contributed by atoms with Crippen LogP contribution in [0, 0.1) is 0 Å². The van der Waals surface area contributed by atoms with Gasteiger partial charge < -0.3 is 10.2 Å². The standard InChI is InChI=1S/C30H32N8O2/c31-38-20-15-32-21-25(38)28(24-7-5-19-37(24)27(39)9-6-18-36-16-3-4-17-36)35-29(38)22-10-12-23(13-11-22)30(40)34-26-8-1-2-14-33-26/h1-2,6,8-15,20-21,24H,3-5,7,16-19,31H2/p+1. The topological polar surface area (TPSA) is 116 Å². The molecule has 2 atom stereocenters. The Kier molecular flexibility index (Phi) is 7.21. The van der Waals surface area contributed by atoms with E-state index in [-0.39, 0.29) is 22.4 Å². The lowest BCUT2D eigenvalue weighted by atomic mass is 10.1. The number of rotatable bonds is 7. The van der Waals surface area contributed by atoms with Crippen LogP contribution in [-0.4, -0.2) is 75.5 Å². The summed E-state index contributed by atoms with van der Waals surface area (Å²) < 4.78 is -0.137. The number of hydrogen-bond donors (Lipinski definition) is 2. The number of pyridine rings is 1. The number of fused-ring (bicyclic) bond motifs is 1. The van der Waals surface area contributed by atoms with Gasteiger partial charge in [0.05, 0.1) is 24.0 Å². The van der Waals surface area contributed by atoms with Gasteiger partial charge in [0, 0.05) is 30.9 Å². The van der Waals surface area contributed by atoms with Gasteiger partial charge in [-0.1, -0.05) is 12.1 Å². The molecule has 0 aliphatic carbocycles. The number of nitrogens with one attached hydrogen (secondary N) is 1. The van der Waals surface area contributed by atoms with Gasteiger partial charge in [0.2, 0.25) is 11.6 Å². The summed E-state index contributed by atoms with van der Waals surface area (Å²) in [6.07, 6.45) is 14.7. The van der Waals surface area contributed by atoms with Crippen LogP contribution in [0.4, 0.5) is 5.82 Å². The number of quaternary nitrogens is 1. The third-order valence-corrected chi connectivity index (χ3v) is 7.81. The number of anilines is 1. The van der Waals surface area contributed by atoms with Crippen molar-refractivity contribution in [2.45, 2.75) is 31.7 Å². The number of benzene rings is 1. The lowest BCUT2D eigenvalue weighted by molar-refractivity contribution is -0.750. The highest BCUT2D eigenvalue weighted by atomic mass is 16.2. The van der Waals surface area contributed by atoms with E-state index in [1.807, 2.05) is 29.2 Å². The molecule has 1 aromatic carbocycles. The van der Waals surface area contributed by atoms with Gasteiger partial charge in [-0.15, -0.1) is 4.59 Å². The number of likely N-dealkylation sites (tertiary alicyclic amines) is 2. The number of nitrogens with two attached hydrogens (primary N) is 1. The molecule has 1 aromatic heterocycles. The first-order chi connectivity index (χ1) is 19.5. The number of hydrogen-bond acceptors (Lipinski definition) is 7. The minimum Gasteiger partial charge on any atom is -0.330 e. The Morgan fingerprint density at radius 1 is 1.07 bits per heavy atom. The molecule has 0 saturated carbocycles. The molecule has 2 fully saturated rings. The Morgan fingerprint density at radius 2 is 1.90 bits per heavy atom. The van der Waals surface area contributed by atoms with Gasteiger partial charge in [0.15, 0.2) is 0 Å². The molecule has 10 nitrogen and oxygen atoms in total. The van der Waals surface area contributed by atoms with E-state index >= 15 is 0 Å². The van der Waals surface area contributed by atoms with Crippen LogP contribution in [0.2, 0.25) is 0 Å². The van der Waals surface area contributed by atoms with Crippen molar-refractivity contribution in [2.75, 3.05) is 31.5 Å². The number of nitrogens with zero attached hydrogens (tertiary/aromatic N) is 6. The molecule has 10 heteroatoms. The minimum absolute atomic E-state index is 0.000120. The van der Waals surface area contributed by atoms with E-state index in [4.69, 9.17) is 10.8 Å². The maximum absolute atomic E-state index is 13.2. The molecule has 4 aliphatic rings. The Bertz CT molecular complexity index is 1440. The lowest BCUT2D eigenvalue weighted by Crippen LogP contribution is -2.53. The summed E-state index contributed by atoms with van der Waals surface area (Å²) in [7, 11) is 0. The van der Waals surface area contributed by atoms with E-state index in [0.717, 1.165) is 49.4 Å². The highest BCUT2D eigenvalue weighted by molar-refractivity contribution is 6.05. The Labute approximate surface area is 233 Å². The van der Waals surface area contributed by atoms with E-state index in [1.54, 1.807) is 55.2 Å². The van der Waals surface area contributed by atoms with E-state index in [0.29, 0.717) is 23.8 Å². The zero-order valence-electron chi connectivity index (χ0n) is 22.3. The van der Waals surface area contributed by atoms with Crippen LogP contribution < -0.4 is 11.2 Å².